The van der Waals surface area contributed by atoms with Gasteiger partial charge in [0.1, 0.15) is 6.26 Å². The molecule has 0 spiro atoms. The Morgan fingerprint density at radius 2 is 2.15 bits per heavy atom. The van der Waals surface area contributed by atoms with Gasteiger partial charge in [-0.05, 0) is 19.1 Å². The summed E-state index contributed by atoms with van der Waals surface area (Å²) in [6.45, 7) is 8.56. The average molecular weight is 274 g/mol. The third-order valence-electron chi connectivity index (χ3n) is 2.96. The summed E-state index contributed by atoms with van der Waals surface area (Å²) >= 11 is 0. The highest BCUT2D eigenvalue weighted by Gasteiger charge is 2.12. The fourth-order valence-corrected chi connectivity index (χ4v) is 1.83. The zero-order valence-corrected chi connectivity index (χ0v) is 12.3. The predicted molar refractivity (Wildman–Crippen MR) is 79.4 cm³/mol. The number of pyridine rings is 1. The van der Waals surface area contributed by atoms with E-state index in [1.165, 1.54) is 0 Å². The quantitative estimate of drug-likeness (QED) is 0.841. The number of nitrogens with one attached hydrogen (secondary N) is 1. The van der Waals surface area contributed by atoms with Crippen molar-refractivity contribution in [2.45, 2.75) is 39.9 Å². The summed E-state index contributed by atoms with van der Waals surface area (Å²) in [6, 6.07) is 7.00. The SMILES string of the molecule is CCN(Cc1ccccn1)c1nc(CNC(C)C)co1. The van der Waals surface area contributed by atoms with Crippen molar-refractivity contribution < 1.29 is 4.42 Å². The first kappa shape index (κ1) is 14.5. The summed E-state index contributed by atoms with van der Waals surface area (Å²) in [5, 5.41) is 3.33. The molecule has 0 bridgehead atoms. The highest BCUT2D eigenvalue weighted by molar-refractivity contribution is 5.28. The molecule has 0 saturated heterocycles. The number of hydrogen-bond donors (Lipinski definition) is 1. The molecule has 0 radical (unpaired) electrons. The molecule has 2 aromatic rings. The zero-order chi connectivity index (χ0) is 14.4. The van der Waals surface area contributed by atoms with E-state index < -0.39 is 0 Å². The Balaban J connectivity index is 2.01. The van der Waals surface area contributed by atoms with Crippen LogP contribution in [0.15, 0.2) is 35.1 Å². The second-order valence-electron chi connectivity index (χ2n) is 4.99. The summed E-state index contributed by atoms with van der Waals surface area (Å²) in [5.41, 5.74) is 1.93. The molecule has 0 aliphatic carbocycles. The minimum Gasteiger partial charge on any atom is -0.432 e. The largest absolute Gasteiger partial charge is 0.432 e. The summed E-state index contributed by atoms with van der Waals surface area (Å²) < 4.78 is 5.57. The fraction of sp³-hybridized carbons (Fsp3) is 0.467. The van der Waals surface area contributed by atoms with Crippen LogP contribution in [-0.2, 0) is 13.1 Å². The summed E-state index contributed by atoms with van der Waals surface area (Å²) in [6.07, 6.45) is 3.52. The van der Waals surface area contributed by atoms with Gasteiger partial charge in [0, 0.05) is 25.3 Å². The van der Waals surface area contributed by atoms with E-state index >= 15 is 0 Å². The fourth-order valence-electron chi connectivity index (χ4n) is 1.83. The number of oxazole rings is 1. The van der Waals surface area contributed by atoms with Gasteiger partial charge in [-0.15, -0.1) is 0 Å². The first-order valence-electron chi connectivity index (χ1n) is 7.01. The maximum Gasteiger partial charge on any atom is 0.297 e. The molecule has 108 valence electrons. The van der Waals surface area contributed by atoms with Gasteiger partial charge in [0.2, 0.25) is 0 Å². The maximum atomic E-state index is 5.57. The lowest BCUT2D eigenvalue weighted by molar-refractivity contribution is 0.530. The molecule has 0 aromatic carbocycles. The van der Waals surface area contributed by atoms with Crippen molar-refractivity contribution >= 4 is 6.01 Å². The van der Waals surface area contributed by atoms with Gasteiger partial charge in [-0.2, -0.15) is 4.98 Å². The first-order valence-corrected chi connectivity index (χ1v) is 7.01. The van der Waals surface area contributed by atoms with Crippen LogP contribution >= 0.6 is 0 Å². The van der Waals surface area contributed by atoms with E-state index in [0.717, 1.165) is 24.5 Å². The van der Waals surface area contributed by atoms with Gasteiger partial charge in [0.15, 0.2) is 0 Å². The van der Waals surface area contributed by atoms with Crippen LogP contribution in [0.5, 0.6) is 0 Å². The smallest absolute Gasteiger partial charge is 0.297 e. The third-order valence-corrected chi connectivity index (χ3v) is 2.96. The van der Waals surface area contributed by atoms with Crippen LogP contribution in [0.25, 0.3) is 0 Å². The zero-order valence-electron chi connectivity index (χ0n) is 12.3. The summed E-state index contributed by atoms with van der Waals surface area (Å²) in [5.74, 6) is 0. The first-order chi connectivity index (χ1) is 9.69. The molecule has 0 amide bonds. The van der Waals surface area contributed by atoms with E-state index in [0.29, 0.717) is 18.6 Å². The van der Waals surface area contributed by atoms with Crippen molar-refractivity contribution in [3.8, 4) is 0 Å². The van der Waals surface area contributed by atoms with Gasteiger partial charge in [-0.25, -0.2) is 0 Å². The lowest BCUT2D eigenvalue weighted by Gasteiger charge is -2.17. The van der Waals surface area contributed by atoms with Crippen molar-refractivity contribution in [1.82, 2.24) is 15.3 Å². The van der Waals surface area contributed by atoms with Crippen LogP contribution in [-0.4, -0.2) is 22.6 Å². The second kappa shape index (κ2) is 7.05. The van der Waals surface area contributed by atoms with Crippen LogP contribution in [0.2, 0.25) is 0 Å². The Kier molecular flexibility index (Phi) is 5.12. The minimum atomic E-state index is 0.436. The summed E-state index contributed by atoms with van der Waals surface area (Å²) in [4.78, 5) is 10.9. The van der Waals surface area contributed by atoms with Crippen molar-refractivity contribution in [3.63, 3.8) is 0 Å². The number of rotatable bonds is 7. The van der Waals surface area contributed by atoms with E-state index in [9.17, 15) is 0 Å². The average Bonchev–Trinajstić information content (AvgIpc) is 2.92. The molecule has 2 aromatic heterocycles. The van der Waals surface area contributed by atoms with Crippen LogP contribution in [0.3, 0.4) is 0 Å². The Labute approximate surface area is 120 Å². The number of hydrogen-bond acceptors (Lipinski definition) is 5. The van der Waals surface area contributed by atoms with E-state index in [4.69, 9.17) is 4.42 Å². The molecule has 5 heteroatoms. The minimum absolute atomic E-state index is 0.436. The molecule has 5 nitrogen and oxygen atoms in total. The van der Waals surface area contributed by atoms with Crippen LogP contribution in [0.1, 0.15) is 32.2 Å². The van der Waals surface area contributed by atoms with Gasteiger partial charge in [0.25, 0.3) is 6.01 Å². The van der Waals surface area contributed by atoms with Gasteiger partial charge in [0.05, 0.1) is 17.9 Å². The highest BCUT2D eigenvalue weighted by Crippen LogP contribution is 2.15. The molecule has 0 unspecified atom stereocenters. The molecule has 2 rings (SSSR count). The molecule has 0 saturated carbocycles. The van der Waals surface area contributed by atoms with Crippen LogP contribution in [0, 0.1) is 0 Å². The van der Waals surface area contributed by atoms with Gasteiger partial charge in [-0.3, -0.25) is 4.98 Å². The molecule has 0 aliphatic heterocycles. The normalized spacial score (nSPS) is 11.0. The molecular formula is C15H22N4O. The Morgan fingerprint density at radius 1 is 1.30 bits per heavy atom. The van der Waals surface area contributed by atoms with Gasteiger partial charge >= 0.3 is 0 Å². The molecule has 2 heterocycles. The van der Waals surface area contributed by atoms with Gasteiger partial charge < -0.3 is 14.6 Å². The molecule has 0 fully saturated rings. The number of nitrogens with zero attached hydrogens (tertiary/aromatic N) is 3. The molecule has 0 atom stereocenters. The molecule has 20 heavy (non-hydrogen) atoms. The standard InChI is InChI=1S/C15H22N4O/c1-4-19(10-13-7-5-6-8-16-13)15-18-14(11-20-15)9-17-12(2)3/h5-8,11-12,17H,4,9-10H2,1-3H3. The van der Waals surface area contributed by atoms with Crippen LogP contribution < -0.4 is 10.2 Å². The van der Waals surface area contributed by atoms with E-state index in [1.54, 1.807) is 12.5 Å². The Morgan fingerprint density at radius 3 is 2.80 bits per heavy atom. The molecular weight excluding hydrogens is 252 g/mol. The third kappa shape index (κ3) is 4.06. The van der Waals surface area contributed by atoms with Crippen LogP contribution in [0.4, 0.5) is 6.01 Å². The van der Waals surface area contributed by atoms with Crippen molar-refractivity contribution in [2.24, 2.45) is 0 Å². The Bertz CT molecular complexity index is 510. The molecule has 0 aliphatic rings. The monoisotopic (exact) mass is 274 g/mol. The lowest BCUT2D eigenvalue weighted by Crippen LogP contribution is -2.24. The number of aromatic nitrogens is 2. The highest BCUT2D eigenvalue weighted by atomic mass is 16.4. The van der Waals surface area contributed by atoms with Crippen molar-refractivity contribution in [1.29, 1.82) is 0 Å². The molecule has 1 N–H and O–H groups in total. The van der Waals surface area contributed by atoms with Gasteiger partial charge in [-0.1, -0.05) is 19.9 Å². The van der Waals surface area contributed by atoms with E-state index in [2.05, 4.69) is 41.0 Å². The Hall–Kier alpha value is -1.88. The predicted octanol–water partition coefficient (Wildman–Crippen LogP) is 2.59. The van der Waals surface area contributed by atoms with Crippen molar-refractivity contribution in [3.05, 3.63) is 42.0 Å². The maximum absolute atomic E-state index is 5.57. The topological polar surface area (TPSA) is 54.2 Å². The lowest BCUT2D eigenvalue weighted by atomic mass is 10.3. The summed E-state index contributed by atoms with van der Waals surface area (Å²) in [7, 11) is 0. The van der Waals surface area contributed by atoms with Crippen molar-refractivity contribution in [2.75, 3.05) is 11.4 Å². The second-order valence-corrected chi connectivity index (χ2v) is 4.99. The van der Waals surface area contributed by atoms with E-state index in [-0.39, 0.29) is 0 Å². The number of anilines is 1. The van der Waals surface area contributed by atoms with E-state index in [1.807, 2.05) is 18.2 Å².